The second-order valence-corrected chi connectivity index (χ2v) is 9.28. The Labute approximate surface area is 235 Å². The van der Waals surface area contributed by atoms with E-state index in [1.165, 1.54) is 7.11 Å². The number of anilines is 1. The molecule has 0 spiro atoms. The smallest absolute Gasteiger partial charge is 0.414 e. The molecule has 3 N–H and O–H groups in total. The summed E-state index contributed by atoms with van der Waals surface area (Å²) >= 11 is 11.8. The summed E-state index contributed by atoms with van der Waals surface area (Å²) in [6.45, 7) is 2.15. The fraction of sp³-hybridized carbons (Fsp3) is 0.222. The molecule has 202 valence electrons. The lowest BCUT2D eigenvalue weighted by Crippen LogP contribution is -2.45. The summed E-state index contributed by atoms with van der Waals surface area (Å²) in [6, 6.07) is 12.4. The Hall–Kier alpha value is -4.22. The lowest BCUT2D eigenvalue weighted by Gasteiger charge is -2.28. The zero-order valence-corrected chi connectivity index (χ0v) is 22.8. The molecule has 3 aromatic rings. The summed E-state index contributed by atoms with van der Waals surface area (Å²) in [5.41, 5.74) is 2.53. The molecule has 0 radical (unpaired) electrons. The van der Waals surface area contributed by atoms with Crippen LogP contribution in [0.15, 0.2) is 72.3 Å². The van der Waals surface area contributed by atoms with Crippen molar-refractivity contribution in [3.63, 3.8) is 0 Å². The van der Waals surface area contributed by atoms with Crippen LogP contribution in [-0.4, -0.2) is 50.6 Å². The van der Waals surface area contributed by atoms with Crippen molar-refractivity contribution in [1.82, 2.24) is 20.2 Å². The maximum atomic E-state index is 13.2. The average Bonchev–Trinajstić information content (AvgIpc) is 2.93. The first-order valence-corrected chi connectivity index (χ1v) is 12.7. The second kappa shape index (κ2) is 12.5. The number of carbonyl (C=O) groups is 2. The molecule has 1 aliphatic rings. The molecular weight excluding hydrogens is 542 g/mol. The minimum atomic E-state index is -1.35. The number of imide groups is 1. The highest BCUT2D eigenvalue weighted by molar-refractivity contribution is 7.81. The number of carboxylic acid groups (broad SMARTS) is 1. The molecule has 1 aromatic carbocycles. The topological polar surface area (TPSA) is 126 Å². The summed E-state index contributed by atoms with van der Waals surface area (Å²) in [5.74, 6) is 0.157. The molecule has 3 heterocycles. The molecule has 0 saturated heterocycles. The SMILES string of the molecule is COc1c(Cl)cccc1NC(=S)C1=C(NCc2ccncc2O[C@@H](C)c2ccccn2)CCN(C(=O)O)C1=O. The molecule has 2 aromatic heterocycles. The second-order valence-electron chi connectivity index (χ2n) is 8.47. The van der Waals surface area contributed by atoms with Crippen LogP contribution < -0.4 is 20.1 Å². The van der Waals surface area contributed by atoms with Crippen LogP contribution in [0, 0.1) is 0 Å². The van der Waals surface area contributed by atoms with Crippen molar-refractivity contribution < 1.29 is 24.2 Å². The minimum Gasteiger partial charge on any atom is -0.493 e. The molecule has 1 aliphatic heterocycles. The van der Waals surface area contributed by atoms with Crippen LogP contribution in [0.5, 0.6) is 11.5 Å². The van der Waals surface area contributed by atoms with Gasteiger partial charge in [-0.05, 0) is 37.3 Å². The van der Waals surface area contributed by atoms with E-state index in [1.54, 1.807) is 42.9 Å². The summed E-state index contributed by atoms with van der Waals surface area (Å²) in [6.07, 6.45) is 3.52. The van der Waals surface area contributed by atoms with Gasteiger partial charge < -0.3 is 25.2 Å². The van der Waals surface area contributed by atoms with Crippen molar-refractivity contribution in [3.8, 4) is 11.5 Å². The number of benzene rings is 1. The van der Waals surface area contributed by atoms with Crippen LogP contribution >= 0.6 is 23.8 Å². The molecule has 4 rings (SSSR count). The van der Waals surface area contributed by atoms with E-state index in [4.69, 9.17) is 33.3 Å². The van der Waals surface area contributed by atoms with Crippen LogP contribution in [0.4, 0.5) is 10.5 Å². The molecule has 1 atom stereocenters. The molecule has 12 heteroatoms. The quantitative estimate of drug-likeness (QED) is 0.305. The van der Waals surface area contributed by atoms with Crippen molar-refractivity contribution in [2.24, 2.45) is 0 Å². The van der Waals surface area contributed by atoms with Gasteiger partial charge >= 0.3 is 6.09 Å². The van der Waals surface area contributed by atoms with Gasteiger partial charge in [0.25, 0.3) is 5.91 Å². The number of hydrogen-bond donors (Lipinski definition) is 3. The summed E-state index contributed by atoms with van der Waals surface area (Å²) in [5, 5.41) is 16.2. The zero-order valence-electron chi connectivity index (χ0n) is 21.2. The van der Waals surface area contributed by atoms with Gasteiger partial charge in [0.2, 0.25) is 0 Å². The predicted molar refractivity (Wildman–Crippen MR) is 150 cm³/mol. The maximum absolute atomic E-state index is 13.2. The number of nitrogens with zero attached hydrogens (tertiary/aromatic N) is 3. The highest BCUT2D eigenvalue weighted by atomic mass is 35.5. The molecular formula is C27H26ClN5O5S. The summed E-state index contributed by atoms with van der Waals surface area (Å²) in [7, 11) is 1.46. The number of nitrogens with one attached hydrogen (secondary N) is 2. The molecule has 0 saturated carbocycles. The van der Waals surface area contributed by atoms with E-state index in [-0.39, 0.29) is 36.2 Å². The van der Waals surface area contributed by atoms with Gasteiger partial charge in [-0.25, -0.2) is 9.69 Å². The lowest BCUT2D eigenvalue weighted by atomic mass is 10.0. The number of carbonyl (C=O) groups excluding carboxylic acids is 1. The van der Waals surface area contributed by atoms with E-state index in [9.17, 15) is 14.7 Å². The third kappa shape index (κ3) is 6.44. The first-order chi connectivity index (χ1) is 18.8. The Morgan fingerprint density at radius 3 is 2.77 bits per heavy atom. The summed E-state index contributed by atoms with van der Waals surface area (Å²) in [4.78, 5) is 34.2. The Morgan fingerprint density at radius 1 is 1.23 bits per heavy atom. The van der Waals surface area contributed by atoms with Crippen LogP contribution in [-0.2, 0) is 11.3 Å². The largest absolute Gasteiger partial charge is 0.493 e. The fourth-order valence-corrected chi connectivity index (χ4v) is 4.61. The number of amides is 2. The Balaban J connectivity index is 1.60. The first-order valence-electron chi connectivity index (χ1n) is 12.0. The monoisotopic (exact) mass is 567 g/mol. The van der Waals surface area contributed by atoms with E-state index >= 15 is 0 Å². The molecule has 0 bridgehead atoms. The number of hydrogen-bond acceptors (Lipinski definition) is 8. The van der Waals surface area contributed by atoms with Gasteiger partial charge in [0, 0.05) is 43.2 Å². The lowest BCUT2D eigenvalue weighted by molar-refractivity contribution is -0.125. The van der Waals surface area contributed by atoms with Gasteiger partial charge in [0.15, 0.2) is 5.75 Å². The Kier molecular flexibility index (Phi) is 8.95. The number of pyridine rings is 2. The number of methoxy groups -OCH3 is 1. The highest BCUT2D eigenvalue weighted by Gasteiger charge is 2.34. The van der Waals surface area contributed by atoms with Crippen molar-refractivity contribution >= 4 is 46.5 Å². The Bertz CT molecular complexity index is 1420. The molecule has 0 unspecified atom stereocenters. The van der Waals surface area contributed by atoms with Crippen molar-refractivity contribution in [3.05, 3.63) is 88.6 Å². The third-order valence-corrected chi connectivity index (χ3v) is 6.60. The Morgan fingerprint density at radius 2 is 2.05 bits per heavy atom. The third-order valence-electron chi connectivity index (χ3n) is 5.99. The molecule has 39 heavy (non-hydrogen) atoms. The van der Waals surface area contributed by atoms with E-state index in [2.05, 4.69) is 20.6 Å². The normalized spacial score (nSPS) is 14.0. The van der Waals surface area contributed by atoms with Crippen molar-refractivity contribution in [2.45, 2.75) is 26.0 Å². The van der Waals surface area contributed by atoms with Crippen LogP contribution in [0.3, 0.4) is 0 Å². The van der Waals surface area contributed by atoms with Gasteiger partial charge in [0.1, 0.15) is 16.8 Å². The highest BCUT2D eigenvalue weighted by Crippen LogP contribution is 2.33. The number of para-hydroxylation sites is 1. The average molecular weight is 568 g/mol. The predicted octanol–water partition coefficient (Wildman–Crippen LogP) is 4.97. The first kappa shape index (κ1) is 27.8. The van der Waals surface area contributed by atoms with E-state index < -0.39 is 12.0 Å². The molecule has 10 nitrogen and oxygen atoms in total. The standard InChI is InChI=1S/C27H26ClN5O5S/c1-16(19-7-3-4-11-30-19)38-22-15-29-12-9-17(22)14-31-20-10-13-33(27(35)36)26(34)23(20)25(39)32-21-8-5-6-18(28)24(21)37-2/h3-9,11-12,15-16,31H,10,13-14H2,1-2H3,(H,32,39)(H,35,36)/t16-/m0/s1. The van der Waals surface area contributed by atoms with Crippen LogP contribution in [0.1, 0.15) is 30.7 Å². The van der Waals surface area contributed by atoms with E-state index in [1.807, 2.05) is 25.1 Å². The van der Waals surface area contributed by atoms with Gasteiger partial charge in [-0.1, -0.05) is 36.0 Å². The van der Waals surface area contributed by atoms with Crippen molar-refractivity contribution in [1.29, 1.82) is 0 Å². The molecule has 2 amide bonds. The fourth-order valence-electron chi connectivity index (χ4n) is 4.04. The zero-order chi connectivity index (χ0) is 27.9. The van der Waals surface area contributed by atoms with Crippen LogP contribution in [0.2, 0.25) is 5.02 Å². The number of thiocarbonyl (C=S) groups is 1. The summed E-state index contributed by atoms with van der Waals surface area (Å²) < 4.78 is 11.5. The van der Waals surface area contributed by atoms with Gasteiger partial charge in [-0.2, -0.15) is 0 Å². The molecule has 0 aliphatic carbocycles. The van der Waals surface area contributed by atoms with Crippen LogP contribution in [0.25, 0.3) is 0 Å². The number of rotatable bonds is 9. The minimum absolute atomic E-state index is 0.0144. The van der Waals surface area contributed by atoms with Gasteiger partial charge in [-0.3, -0.25) is 14.8 Å². The number of halogens is 1. The van der Waals surface area contributed by atoms with E-state index in [0.29, 0.717) is 27.9 Å². The van der Waals surface area contributed by atoms with Gasteiger partial charge in [-0.15, -0.1) is 0 Å². The van der Waals surface area contributed by atoms with E-state index in [0.717, 1.165) is 16.2 Å². The van der Waals surface area contributed by atoms with Crippen molar-refractivity contribution in [2.75, 3.05) is 19.0 Å². The maximum Gasteiger partial charge on any atom is 0.414 e. The number of ether oxygens (including phenoxy) is 2. The molecule has 0 fully saturated rings. The number of aromatic nitrogens is 2. The van der Waals surface area contributed by atoms with Gasteiger partial charge in [0.05, 0.1) is 35.3 Å².